The van der Waals surface area contributed by atoms with E-state index in [1.54, 1.807) is 0 Å². The number of hydrogen-bond acceptors (Lipinski definition) is 2. The van der Waals surface area contributed by atoms with Gasteiger partial charge in [0.25, 0.3) is 0 Å². The second-order valence-electron chi connectivity index (χ2n) is 4.64. The molecule has 0 fully saturated rings. The van der Waals surface area contributed by atoms with Crippen molar-refractivity contribution in [2.24, 2.45) is 5.73 Å². The molecular formula is C15H20N2. The summed E-state index contributed by atoms with van der Waals surface area (Å²) in [6, 6.07) is 8.67. The van der Waals surface area contributed by atoms with Crippen LogP contribution in [-0.4, -0.2) is 4.98 Å². The molecule has 2 nitrogen and oxygen atoms in total. The molecule has 0 bridgehead atoms. The highest BCUT2D eigenvalue weighted by molar-refractivity contribution is 5.85. The molecule has 90 valence electrons. The maximum atomic E-state index is 5.97. The van der Waals surface area contributed by atoms with Crippen molar-refractivity contribution < 1.29 is 0 Å². The molecular weight excluding hydrogens is 208 g/mol. The topological polar surface area (TPSA) is 38.9 Å². The summed E-state index contributed by atoms with van der Waals surface area (Å²) < 4.78 is 0. The molecule has 0 aliphatic rings. The van der Waals surface area contributed by atoms with E-state index < -0.39 is 0 Å². The fraction of sp³-hybridized carbons (Fsp3) is 0.400. The number of benzene rings is 1. The van der Waals surface area contributed by atoms with Crippen LogP contribution in [0.2, 0.25) is 0 Å². The van der Waals surface area contributed by atoms with Gasteiger partial charge in [-0.25, -0.2) is 0 Å². The van der Waals surface area contributed by atoms with E-state index in [4.69, 9.17) is 5.73 Å². The van der Waals surface area contributed by atoms with Crippen LogP contribution in [0.4, 0.5) is 0 Å². The molecule has 0 aliphatic carbocycles. The molecule has 1 unspecified atom stereocenters. The Labute approximate surface area is 103 Å². The van der Waals surface area contributed by atoms with Crippen LogP contribution < -0.4 is 5.73 Å². The fourth-order valence-electron chi connectivity index (χ4n) is 2.14. The average molecular weight is 228 g/mol. The van der Waals surface area contributed by atoms with Crippen molar-refractivity contribution in [3.8, 4) is 0 Å². The minimum absolute atomic E-state index is 0.0138. The minimum atomic E-state index is -0.0138. The summed E-state index contributed by atoms with van der Waals surface area (Å²) in [5, 5.41) is 2.43. The van der Waals surface area contributed by atoms with Gasteiger partial charge in [-0.1, -0.05) is 25.5 Å². The van der Waals surface area contributed by atoms with Gasteiger partial charge in [0.2, 0.25) is 0 Å². The van der Waals surface area contributed by atoms with Gasteiger partial charge in [-0.05, 0) is 42.8 Å². The zero-order chi connectivity index (χ0) is 12.3. The van der Waals surface area contributed by atoms with Gasteiger partial charge in [0.1, 0.15) is 0 Å². The van der Waals surface area contributed by atoms with E-state index in [1.807, 2.05) is 19.2 Å². The van der Waals surface area contributed by atoms with Gasteiger partial charge in [-0.3, -0.25) is 4.98 Å². The molecule has 2 rings (SSSR count). The Morgan fingerprint density at radius 2 is 2.12 bits per heavy atom. The Kier molecular flexibility index (Phi) is 3.75. The normalized spacial score (nSPS) is 12.9. The Balaban J connectivity index is 2.46. The summed E-state index contributed by atoms with van der Waals surface area (Å²) >= 11 is 0. The van der Waals surface area contributed by atoms with Crippen molar-refractivity contribution in [2.45, 2.75) is 39.2 Å². The second-order valence-corrected chi connectivity index (χ2v) is 4.64. The maximum absolute atomic E-state index is 5.97. The molecule has 0 saturated carbocycles. The lowest BCUT2D eigenvalue weighted by atomic mass is 10.0. The van der Waals surface area contributed by atoms with Crippen molar-refractivity contribution in [1.82, 2.24) is 4.98 Å². The Morgan fingerprint density at radius 3 is 2.82 bits per heavy atom. The van der Waals surface area contributed by atoms with Gasteiger partial charge in [0.05, 0.1) is 5.69 Å². The molecule has 1 heterocycles. The van der Waals surface area contributed by atoms with E-state index in [2.05, 4.69) is 30.1 Å². The molecule has 0 spiro atoms. The fourth-order valence-corrected chi connectivity index (χ4v) is 2.14. The first kappa shape index (κ1) is 12.1. The highest BCUT2D eigenvalue weighted by Crippen LogP contribution is 2.22. The van der Waals surface area contributed by atoms with Crippen molar-refractivity contribution in [3.05, 3.63) is 41.7 Å². The number of pyridine rings is 1. The molecule has 0 aliphatic heterocycles. The quantitative estimate of drug-likeness (QED) is 0.868. The molecule has 2 heteroatoms. The number of fused-ring (bicyclic) bond motifs is 1. The average Bonchev–Trinajstić information content (AvgIpc) is 2.35. The van der Waals surface area contributed by atoms with E-state index in [-0.39, 0.29) is 6.04 Å². The van der Waals surface area contributed by atoms with Crippen LogP contribution in [0.3, 0.4) is 0 Å². The van der Waals surface area contributed by atoms with Crippen molar-refractivity contribution in [3.63, 3.8) is 0 Å². The molecule has 1 aromatic heterocycles. The summed E-state index contributed by atoms with van der Waals surface area (Å²) in [6.07, 6.45) is 5.44. The van der Waals surface area contributed by atoms with E-state index in [0.29, 0.717) is 0 Å². The number of unbranched alkanes of at least 4 members (excludes halogenated alkanes) is 1. The first-order valence-corrected chi connectivity index (χ1v) is 6.35. The third-order valence-corrected chi connectivity index (χ3v) is 3.11. The van der Waals surface area contributed by atoms with E-state index in [1.165, 1.54) is 29.2 Å². The highest BCUT2D eigenvalue weighted by atomic mass is 14.8. The lowest BCUT2D eigenvalue weighted by Crippen LogP contribution is -2.07. The molecule has 1 atom stereocenters. The Bertz CT molecular complexity index is 503. The van der Waals surface area contributed by atoms with Crippen LogP contribution in [0.25, 0.3) is 10.8 Å². The third kappa shape index (κ3) is 2.64. The number of aromatic nitrogens is 1. The van der Waals surface area contributed by atoms with Gasteiger partial charge in [0.15, 0.2) is 0 Å². The first-order chi connectivity index (χ1) is 8.22. The Hall–Kier alpha value is -1.41. The van der Waals surface area contributed by atoms with Crippen molar-refractivity contribution >= 4 is 10.8 Å². The van der Waals surface area contributed by atoms with E-state index in [0.717, 1.165) is 12.1 Å². The number of nitrogens with zero attached hydrogens (tertiary/aromatic N) is 1. The summed E-state index contributed by atoms with van der Waals surface area (Å²) in [7, 11) is 0. The second kappa shape index (κ2) is 5.28. The predicted molar refractivity (Wildman–Crippen MR) is 73.0 cm³/mol. The first-order valence-electron chi connectivity index (χ1n) is 6.35. The van der Waals surface area contributed by atoms with E-state index in [9.17, 15) is 0 Å². The predicted octanol–water partition coefficient (Wildman–Crippen LogP) is 3.60. The molecule has 0 saturated heterocycles. The standard InChI is InChI=1S/C15H20N2/c1-3-4-5-12-6-7-13-8-9-17-15(11(2)16)14(13)10-12/h6-11H,3-5,16H2,1-2H3. The lowest BCUT2D eigenvalue weighted by Gasteiger charge is -2.10. The van der Waals surface area contributed by atoms with Gasteiger partial charge >= 0.3 is 0 Å². The van der Waals surface area contributed by atoms with Crippen molar-refractivity contribution in [1.29, 1.82) is 0 Å². The van der Waals surface area contributed by atoms with Gasteiger partial charge < -0.3 is 5.73 Å². The smallest absolute Gasteiger partial charge is 0.0646 e. The molecule has 2 aromatic rings. The third-order valence-electron chi connectivity index (χ3n) is 3.11. The minimum Gasteiger partial charge on any atom is -0.323 e. The summed E-state index contributed by atoms with van der Waals surface area (Å²) in [5.74, 6) is 0. The maximum Gasteiger partial charge on any atom is 0.0646 e. The lowest BCUT2D eigenvalue weighted by molar-refractivity contribution is 0.787. The molecule has 2 N–H and O–H groups in total. The number of hydrogen-bond donors (Lipinski definition) is 1. The summed E-state index contributed by atoms with van der Waals surface area (Å²) in [6.45, 7) is 4.20. The van der Waals surface area contributed by atoms with Crippen LogP contribution in [0, 0.1) is 0 Å². The van der Waals surface area contributed by atoms with Gasteiger partial charge in [0, 0.05) is 17.6 Å². The van der Waals surface area contributed by atoms with E-state index >= 15 is 0 Å². The number of rotatable bonds is 4. The summed E-state index contributed by atoms with van der Waals surface area (Å²) in [4.78, 5) is 4.40. The van der Waals surface area contributed by atoms with Crippen LogP contribution in [0.5, 0.6) is 0 Å². The van der Waals surface area contributed by atoms with Crippen LogP contribution in [-0.2, 0) is 6.42 Å². The van der Waals surface area contributed by atoms with Gasteiger partial charge in [-0.15, -0.1) is 0 Å². The largest absolute Gasteiger partial charge is 0.323 e. The number of nitrogens with two attached hydrogens (primary N) is 1. The van der Waals surface area contributed by atoms with Gasteiger partial charge in [-0.2, -0.15) is 0 Å². The molecule has 17 heavy (non-hydrogen) atoms. The number of aryl methyl sites for hydroxylation is 1. The van der Waals surface area contributed by atoms with Crippen LogP contribution in [0.15, 0.2) is 30.5 Å². The summed E-state index contributed by atoms with van der Waals surface area (Å²) in [5.41, 5.74) is 8.35. The monoisotopic (exact) mass is 228 g/mol. The highest BCUT2D eigenvalue weighted by Gasteiger charge is 2.07. The molecule has 1 aromatic carbocycles. The zero-order valence-corrected chi connectivity index (χ0v) is 10.6. The van der Waals surface area contributed by atoms with Crippen molar-refractivity contribution in [2.75, 3.05) is 0 Å². The van der Waals surface area contributed by atoms with Crippen LogP contribution in [0.1, 0.15) is 44.0 Å². The zero-order valence-electron chi connectivity index (χ0n) is 10.6. The molecule has 0 amide bonds. The Morgan fingerprint density at radius 1 is 1.29 bits per heavy atom. The van der Waals surface area contributed by atoms with Crippen LogP contribution >= 0.6 is 0 Å². The SMILES string of the molecule is CCCCc1ccc2ccnc(C(C)N)c2c1. The molecule has 0 radical (unpaired) electrons.